The fraction of sp³-hybridized carbons (Fsp3) is 0.800. The summed E-state index contributed by atoms with van der Waals surface area (Å²) in [6.07, 6.45) is 2.03. The molecule has 0 unspecified atom stereocenters. The maximum atomic E-state index is 10.5. The number of hydrogen-bond acceptors (Lipinski definition) is 1. The minimum atomic E-state index is 0.492. The summed E-state index contributed by atoms with van der Waals surface area (Å²) < 4.78 is 0. The van der Waals surface area contributed by atoms with Gasteiger partial charge in [-0.15, -0.1) is 0 Å². The topological polar surface area (TPSA) is 17.1 Å². The predicted octanol–water partition coefficient (Wildman–Crippen LogP) is 0.890. The average Bonchev–Trinajstić information content (AvgIpc) is 1.69. The van der Waals surface area contributed by atoms with E-state index < -0.39 is 0 Å². The van der Waals surface area contributed by atoms with Gasteiger partial charge in [-0.25, -0.2) is 0 Å². The molecule has 1 heterocycles. The van der Waals surface area contributed by atoms with Gasteiger partial charge in [-0.1, -0.05) is 0 Å². The molecule has 1 fully saturated rings. The first-order valence-corrected chi connectivity index (χ1v) is 4.91. The molecule has 0 saturated carbocycles. The van der Waals surface area contributed by atoms with E-state index >= 15 is 0 Å². The predicted molar refractivity (Wildman–Crippen MR) is 29.6 cm³/mol. The Balaban J connectivity index is 2.25. The molecule has 0 aromatic carbocycles. The Kier molecular flexibility index (Phi) is 1.89. The molecule has 7 heavy (non-hydrogen) atoms. The minimum absolute atomic E-state index is 0.492. The van der Waals surface area contributed by atoms with E-state index in [1.165, 1.54) is 11.7 Å². The number of rotatable bonds is 0. The van der Waals surface area contributed by atoms with E-state index in [0.29, 0.717) is 20.7 Å². The molecule has 0 amide bonds. The molecule has 0 aromatic rings. The average molecular weight is 163 g/mol. The molecule has 1 aliphatic heterocycles. The van der Waals surface area contributed by atoms with Gasteiger partial charge in [0.1, 0.15) is 0 Å². The first-order valence-electron chi connectivity index (χ1n) is 2.49. The van der Waals surface area contributed by atoms with E-state index in [2.05, 4.69) is 0 Å². The molecule has 0 aromatic heterocycles. The third-order valence-corrected chi connectivity index (χ3v) is 3.32. The van der Waals surface area contributed by atoms with Gasteiger partial charge in [-0.2, -0.15) is 0 Å². The van der Waals surface area contributed by atoms with Gasteiger partial charge in [0.05, 0.1) is 0 Å². The standard InChI is InChI=1S/C5H8OSe/c6-5-2-1-3-7-4-5/h1-4H2. The molecule has 0 atom stereocenters. The van der Waals surface area contributed by atoms with E-state index in [4.69, 9.17) is 0 Å². The second kappa shape index (κ2) is 2.49. The molecule has 1 nitrogen and oxygen atoms in total. The Morgan fingerprint density at radius 3 is 2.71 bits per heavy atom. The van der Waals surface area contributed by atoms with Crippen LogP contribution in [-0.4, -0.2) is 20.7 Å². The monoisotopic (exact) mass is 164 g/mol. The summed E-state index contributed by atoms with van der Waals surface area (Å²) in [6, 6.07) is 0. The fourth-order valence-electron chi connectivity index (χ4n) is 0.630. The van der Waals surface area contributed by atoms with Crippen LogP contribution < -0.4 is 0 Å². The second-order valence-electron chi connectivity index (χ2n) is 1.69. The third kappa shape index (κ3) is 1.62. The van der Waals surface area contributed by atoms with Crippen molar-refractivity contribution in [2.45, 2.75) is 23.5 Å². The first-order chi connectivity index (χ1) is 3.39. The van der Waals surface area contributed by atoms with Crippen molar-refractivity contribution >= 4 is 20.7 Å². The normalized spacial score (nSPS) is 22.6. The zero-order valence-electron chi connectivity index (χ0n) is 4.14. The summed E-state index contributed by atoms with van der Waals surface area (Å²) in [5.74, 6) is 0.492. The van der Waals surface area contributed by atoms with Crippen molar-refractivity contribution in [2.75, 3.05) is 0 Å². The van der Waals surface area contributed by atoms with E-state index in [1.807, 2.05) is 0 Å². The van der Waals surface area contributed by atoms with E-state index in [1.54, 1.807) is 0 Å². The van der Waals surface area contributed by atoms with Crippen LogP contribution in [0.15, 0.2) is 0 Å². The summed E-state index contributed by atoms with van der Waals surface area (Å²) >= 11 is 0.676. The van der Waals surface area contributed by atoms with E-state index in [0.717, 1.165) is 11.7 Å². The Hall–Kier alpha value is 0.189. The molecule has 0 aliphatic carbocycles. The van der Waals surface area contributed by atoms with Gasteiger partial charge in [0.2, 0.25) is 0 Å². The van der Waals surface area contributed by atoms with Gasteiger partial charge in [0.25, 0.3) is 0 Å². The zero-order chi connectivity index (χ0) is 5.11. The summed E-state index contributed by atoms with van der Waals surface area (Å²) in [5, 5.41) is 2.24. The molecule has 40 valence electrons. The van der Waals surface area contributed by atoms with Gasteiger partial charge < -0.3 is 0 Å². The Bertz CT molecular complexity index is 72.1. The maximum absolute atomic E-state index is 10.5. The van der Waals surface area contributed by atoms with Gasteiger partial charge >= 0.3 is 49.0 Å². The molecule has 1 rings (SSSR count). The van der Waals surface area contributed by atoms with Crippen LogP contribution in [0.5, 0.6) is 0 Å². The SMILES string of the molecule is O=C1CCC[Se]C1. The van der Waals surface area contributed by atoms with Gasteiger partial charge in [-0.3, -0.25) is 0 Å². The molecule has 1 saturated heterocycles. The molecule has 0 spiro atoms. The summed E-state index contributed by atoms with van der Waals surface area (Å²) in [5.41, 5.74) is 0. The quantitative estimate of drug-likeness (QED) is 0.484. The second-order valence-corrected chi connectivity index (χ2v) is 4.01. The van der Waals surface area contributed by atoms with Crippen LogP contribution in [0.2, 0.25) is 10.6 Å². The van der Waals surface area contributed by atoms with Crippen molar-refractivity contribution in [3.63, 3.8) is 0 Å². The summed E-state index contributed by atoms with van der Waals surface area (Å²) in [6.45, 7) is 0. The zero-order valence-corrected chi connectivity index (χ0v) is 5.86. The van der Waals surface area contributed by atoms with Crippen LogP contribution in [-0.2, 0) is 4.79 Å². The molecule has 0 bridgehead atoms. The Labute approximate surface area is 49.6 Å². The summed E-state index contributed by atoms with van der Waals surface area (Å²) in [7, 11) is 0. The van der Waals surface area contributed by atoms with Crippen molar-refractivity contribution in [2.24, 2.45) is 0 Å². The van der Waals surface area contributed by atoms with Gasteiger partial charge in [0, 0.05) is 0 Å². The molecule has 0 N–H and O–H groups in total. The van der Waals surface area contributed by atoms with Crippen LogP contribution >= 0.6 is 0 Å². The molecular formula is C5H8OSe. The van der Waals surface area contributed by atoms with Crippen molar-refractivity contribution in [3.8, 4) is 0 Å². The van der Waals surface area contributed by atoms with Crippen molar-refractivity contribution in [3.05, 3.63) is 0 Å². The first kappa shape index (κ1) is 5.33. The van der Waals surface area contributed by atoms with Gasteiger partial charge in [0.15, 0.2) is 0 Å². The van der Waals surface area contributed by atoms with E-state index in [9.17, 15) is 4.79 Å². The van der Waals surface area contributed by atoms with Crippen molar-refractivity contribution < 1.29 is 4.79 Å². The number of carbonyl (C=O) groups excluding carboxylic acids is 1. The van der Waals surface area contributed by atoms with Crippen LogP contribution in [0.1, 0.15) is 12.8 Å². The number of hydrogen-bond donors (Lipinski definition) is 0. The number of carbonyl (C=O) groups is 1. The van der Waals surface area contributed by atoms with Gasteiger partial charge in [-0.05, 0) is 0 Å². The van der Waals surface area contributed by atoms with Crippen LogP contribution in [0.4, 0.5) is 0 Å². The molecule has 0 radical (unpaired) electrons. The van der Waals surface area contributed by atoms with Crippen LogP contribution in [0, 0.1) is 0 Å². The third-order valence-electron chi connectivity index (χ3n) is 1.01. The Morgan fingerprint density at radius 1 is 1.57 bits per heavy atom. The van der Waals surface area contributed by atoms with Crippen LogP contribution in [0.25, 0.3) is 0 Å². The summed E-state index contributed by atoms with van der Waals surface area (Å²) in [4.78, 5) is 10.5. The van der Waals surface area contributed by atoms with E-state index in [-0.39, 0.29) is 0 Å². The number of ketones is 1. The van der Waals surface area contributed by atoms with Crippen molar-refractivity contribution in [1.82, 2.24) is 0 Å². The molecular weight excluding hydrogens is 155 g/mol. The molecule has 1 aliphatic rings. The fourth-order valence-corrected chi connectivity index (χ4v) is 2.44. The molecule has 2 heteroatoms. The van der Waals surface area contributed by atoms with Crippen molar-refractivity contribution in [1.29, 1.82) is 0 Å². The van der Waals surface area contributed by atoms with Crippen LogP contribution in [0.3, 0.4) is 0 Å². The number of Topliss-reactive ketones (excluding diaryl/α,β-unsaturated/α-hetero) is 1. The Morgan fingerprint density at radius 2 is 2.43 bits per heavy atom.